The highest BCUT2D eigenvalue weighted by Gasteiger charge is 2.37. The van der Waals surface area contributed by atoms with E-state index in [-0.39, 0.29) is 0 Å². The maximum Gasteiger partial charge on any atom is 0.227 e. The molecule has 20 aromatic rings. The van der Waals surface area contributed by atoms with Gasteiger partial charge in [-0.05, 0) is 121 Å². The highest BCUT2D eigenvalue weighted by molar-refractivity contribution is 6.10. The summed E-state index contributed by atoms with van der Waals surface area (Å²) in [6.07, 6.45) is 11.7. The summed E-state index contributed by atoms with van der Waals surface area (Å²) in [5.41, 5.74) is 22.8. The van der Waals surface area contributed by atoms with E-state index in [0.717, 1.165) is 169 Å². The third-order valence-electron chi connectivity index (χ3n) is 20.2. The Labute approximate surface area is 563 Å². The molecule has 0 saturated heterocycles. The molecule has 4 aliphatic rings. The predicted molar refractivity (Wildman–Crippen MR) is 374 cm³/mol. The van der Waals surface area contributed by atoms with E-state index in [2.05, 4.69) is 163 Å². The molecule has 0 amide bonds. The lowest BCUT2D eigenvalue weighted by molar-refractivity contribution is -0.749. The minimum atomic E-state index is 0.651. The first-order chi connectivity index (χ1) is 49.4. The highest BCUT2D eigenvalue weighted by Crippen LogP contribution is 2.41. The van der Waals surface area contributed by atoms with Gasteiger partial charge >= 0.3 is 0 Å². The lowest BCUT2D eigenvalue weighted by Crippen LogP contribution is -2.36. The minimum absolute atomic E-state index is 0.651. The number of rotatable bonds is 0. The van der Waals surface area contributed by atoms with Gasteiger partial charge in [0.05, 0.1) is 54.9 Å². The molecule has 0 radical (unpaired) electrons. The molecule has 100 heavy (non-hydrogen) atoms. The van der Waals surface area contributed by atoms with Gasteiger partial charge in [0.15, 0.2) is 48.7 Å². The second-order valence-corrected chi connectivity index (χ2v) is 25.5. The Bertz CT molecular complexity index is 6830. The summed E-state index contributed by atoms with van der Waals surface area (Å²) in [5.74, 6) is 0. The normalized spacial score (nSPS) is 12.6. The molecule has 10 aromatic heterocycles. The molecule has 18 heteroatoms. The van der Waals surface area contributed by atoms with Crippen molar-refractivity contribution in [3.8, 4) is 47.0 Å². The van der Waals surface area contributed by atoms with Crippen LogP contribution in [0.15, 0.2) is 249 Å². The molecular weight excluding hydrogens is 1240 g/mol. The Morgan fingerprint density at radius 1 is 0.300 bits per heavy atom. The Kier molecular flexibility index (Phi) is 11.3. The molecule has 0 saturated carbocycles. The van der Waals surface area contributed by atoms with Gasteiger partial charge in [-0.1, -0.05) is 60.7 Å². The number of hydrogen-bond acceptors (Lipinski definition) is 10. The predicted octanol–water partition coefficient (Wildman–Crippen LogP) is 15.0. The lowest BCUT2D eigenvalue weighted by Gasteiger charge is -1.99. The van der Waals surface area contributed by atoms with Gasteiger partial charge in [-0.3, -0.25) is 0 Å². The van der Waals surface area contributed by atoms with Crippen LogP contribution in [0.3, 0.4) is 0 Å². The molecule has 464 valence electrons. The van der Waals surface area contributed by atoms with Gasteiger partial charge in [-0.25, -0.2) is 9.97 Å². The third-order valence-corrected chi connectivity index (χ3v) is 20.2. The summed E-state index contributed by atoms with van der Waals surface area (Å²) < 4.78 is 41.6. The average molecular weight is 1290 g/mol. The van der Waals surface area contributed by atoms with E-state index in [4.69, 9.17) is 17.7 Å². The zero-order valence-corrected chi connectivity index (χ0v) is 52.7. The fraction of sp³-hybridized carbons (Fsp3) is 0.0488. The molecule has 0 fully saturated rings. The molecular formula is C82H46N14O4+4. The number of para-hydroxylation sites is 2. The van der Waals surface area contributed by atoms with Crippen molar-refractivity contribution in [1.29, 1.82) is 21.0 Å². The van der Waals surface area contributed by atoms with Crippen LogP contribution in [0, 0.1) is 45.3 Å². The smallest absolute Gasteiger partial charge is 0.227 e. The van der Waals surface area contributed by atoms with Crippen LogP contribution in [0.25, 0.3) is 154 Å². The Balaban J connectivity index is 0.0000000873. The SMILES string of the molecule is N#Cc1cccc2c1c[n+]1n2-c2c(ccc3c2oc2ccccc23)C1.N#Cc1cccc2c1c[n+]1n2-c2c(ccc3c2oc2ncccc23)C1.N#Cc1cccc2c1c[n+]1n2-c2cc3oc4ccccc4c3cc2C1.N#Cc1cccc2c1c[n+]1n2-c2cc3oc4ncccc4c3cc2C1. The fourth-order valence-electron chi connectivity index (χ4n) is 15.8. The summed E-state index contributed by atoms with van der Waals surface area (Å²) in [4.78, 5) is 8.67. The van der Waals surface area contributed by atoms with Crippen molar-refractivity contribution in [2.75, 3.05) is 0 Å². The van der Waals surface area contributed by atoms with E-state index in [1.54, 1.807) is 12.4 Å². The van der Waals surface area contributed by atoms with Gasteiger partial charge in [0, 0.05) is 78.7 Å². The Morgan fingerprint density at radius 3 is 1.18 bits per heavy atom. The van der Waals surface area contributed by atoms with Crippen molar-refractivity contribution < 1.29 is 36.4 Å². The number of benzene rings is 10. The monoisotopic (exact) mass is 1290 g/mol. The van der Waals surface area contributed by atoms with Crippen molar-refractivity contribution in [1.82, 2.24) is 28.7 Å². The van der Waals surface area contributed by atoms with E-state index in [9.17, 15) is 21.0 Å². The molecule has 10 aromatic carbocycles. The first-order valence-electron chi connectivity index (χ1n) is 32.6. The molecule has 4 aliphatic heterocycles. The van der Waals surface area contributed by atoms with Gasteiger partial charge < -0.3 is 17.7 Å². The first-order valence-corrected chi connectivity index (χ1v) is 32.6. The van der Waals surface area contributed by atoms with Crippen LogP contribution in [0.4, 0.5) is 0 Å². The zero-order chi connectivity index (χ0) is 66.2. The molecule has 18 nitrogen and oxygen atoms in total. The van der Waals surface area contributed by atoms with Gasteiger partial charge in [0.25, 0.3) is 0 Å². The van der Waals surface area contributed by atoms with E-state index in [0.29, 0.717) is 33.7 Å². The summed E-state index contributed by atoms with van der Waals surface area (Å²) in [6.45, 7) is 3.11. The van der Waals surface area contributed by atoms with Crippen LogP contribution >= 0.6 is 0 Å². The second-order valence-electron chi connectivity index (χ2n) is 25.5. The summed E-state index contributed by atoms with van der Waals surface area (Å²) >= 11 is 0. The van der Waals surface area contributed by atoms with Crippen LogP contribution in [-0.4, -0.2) is 28.7 Å². The van der Waals surface area contributed by atoms with E-state index < -0.39 is 0 Å². The molecule has 14 heterocycles. The summed E-state index contributed by atoms with van der Waals surface area (Å²) in [7, 11) is 0. The number of pyridine rings is 2. The molecule has 0 N–H and O–H groups in total. The van der Waals surface area contributed by atoms with E-state index >= 15 is 0 Å². The topological polar surface area (TPSA) is 209 Å². The third kappa shape index (κ3) is 7.72. The van der Waals surface area contributed by atoms with Crippen LogP contribution < -0.4 is 18.7 Å². The van der Waals surface area contributed by atoms with Crippen LogP contribution in [-0.2, 0) is 26.2 Å². The largest absolute Gasteiger partial charge is 0.456 e. The number of hydrogen-bond donors (Lipinski definition) is 0. The maximum absolute atomic E-state index is 9.40. The molecule has 24 rings (SSSR count). The van der Waals surface area contributed by atoms with Crippen molar-refractivity contribution in [2.24, 2.45) is 0 Å². The van der Waals surface area contributed by atoms with E-state index in [1.165, 1.54) is 22.3 Å². The van der Waals surface area contributed by atoms with Gasteiger partial charge in [-0.15, -0.1) is 37.5 Å². The van der Waals surface area contributed by atoms with Crippen molar-refractivity contribution in [3.05, 3.63) is 276 Å². The molecule has 0 atom stereocenters. The quantitative estimate of drug-likeness (QED) is 0.131. The maximum atomic E-state index is 9.40. The number of aromatic nitrogens is 10. The first kappa shape index (κ1) is 54.9. The number of furan rings is 4. The van der Waals surface area contributed by atoms with E-state index in [1.807, 2.05) is 128 Å². The fourth-order valence-corrected chi connectivity index (χ4v) is 15.8. The average Bonchev–Trinajstić information content (AvgIpc) is 1.57. The van der Waals surface area contributed by atoms with Crippen molar-refractivity contribution >= 4 is 132 Å². The van der Waals surface area contributed by atoms with Crippen molar-refractivity contribution in [3.63, 3.8) is 0 Å². The molecule has 0 unspecified atom stereocenters. The van der Waals surface area contributed by atoms with Gasteiger partial charge in [-0.2, -0.15) is 21.0 Å². The number of nitrogens with zero attached hydrogens (tertiary/aromatic N) is 14. The zero-order valence-electron chi connectivity index (χ0n) is 52.7. The summed E-state index contributed by atoms with van der Waals surface area (Å²) in [5, 5.41) is 50.2. The van der Waals surface area contributed by atoms with Gasteiger partial charge in [0.1, 0.15) is 80.1 Å². The van der Waals surface area contributed by atoms with Crippen LogP contribution in [0.5, 0.6) is 0 Å². The lowest BCUT2D eigenvalue weighted by atomic mass is 10.1. The Morgan fingerprint density at radius 2 is 0.680 bits per heavy atom. The van der Waals surface area contributed by atoms with Gasteiger partial charge in [0.2, 0.25) is 36.2 Å². The highest BCUT2D eigenvalue weighted by atomic mass is 16.3. The van der Waals surface area contributed by atoms with Crippen LogP contribution in [0.1, 0.15) is 44.5 Å². The Hall–Kier alpha value is -14.5. The molecule has 0 aliphatic carbocycles. The standard InChI is InChI=1S/2C21H12N3O.2C20H11N4O/c22-10-13-4-3-6-18-17(13)12-23-11-14-8-16-15-5-1-2-7-20(15)25-21(16)9-19(14)24(18)23;22-10-13-4-3-6-18-17(13)12-23-11-14-8-9-16-15-5-1-2-7-19(15)25-21(16)20(14)24(18)23;21-9-12-3-1-5-17-16(12)11-23-10-13-6-7-14-15-4-2-8-22-20(15)25-19(14)18(13)24(17)23;21-9-12-3-1-5-17-16(12)11-23-10-13-7-15-14-4-2-6-22-20(14)25-19(15)8-18(13)24(17)23/h2*1-9,12H,11H2;2*1-8,11H,10H2/q4*+1. The summed E-state index contributed by atoms with van der Waals surface area (Å²) in [6, 6.07) is 73.9. The minimum Gasteiger partial charge on any atom is -0.456 e. The number of fused-ring (bicyclic) bond motifs is 34. The van der Waals surface area contributed by atoms with Crippen LogP contribution in [0.2, 0.25) is 0 Å². The molecule has 0 spiro atoms. The number of nitriles is 4. The second kappa shape index (κ2) is 20.5. The molecule has 0 bridgehead atoms. The van der Waals surface area contributed by atoms with Crippen molar-refractivity contribution in [2.45, 2.75) is 26.2 Å².